The summed E-state index contributed by atoms with van der Waals surface area (Å²) in [5, 5.41) is 10.7. The van der Waals surface area contributed by atoms with Crippen molar-refractivity contribution in [2.24, 2.45) is 0 Å². The molecule has 2 nitrogen and oxygen atoms in total. The molecule has 2 unspecified atom stereocenters. The topological polar surface area (TPSA) is 23.5 Å². The summed E-state index contributed by atoms with van der Waals surface area (Å²) in [4.78, 5) is 2.16. The summed E-state index contributed by atoms with van der Waals surface area (Å²) in [6, 6.07) is 14.0. The number of rotatable bonds is 4. The van der Waals surface area contributed by atoms with Crippen LogP contribution in [0.25, 0.3) is 0 Å². The first-order valence-corrected chi connectivity index (χ1v) is 8.03. The Labute approximate surface area is 139 Å². The van der Waals surface area contributed by atoms with E-state index in [9.17, 15) is 5.11 Å². The van der Waals surface area contributed by atoms with Crippen LogP contribution >= 0.6 is 27.5 Å². The van der Waals surface area contributed by atoms with Crippen LogP contribution < -0.4 is 4.90 Å². The highest BCUT2D eigenvalue weighted by atomic mass is 79.9. The minimum absolute atomic E-state index is 0.175. The number of aliphatic hydroxyl groups excluding tert-OH is 1. The molecule has 0 radical (unpaired) electrons. The van der Waals surface area contributed by atoms with Gasteiger partial charge in [-0.05, 0) is 43.7 Å². The first-order chi connectivity index (χ1) is 9.90. The van der Waals surface area contributed by atoms with Gasteiger partial charge in [-0.25, -0.2) is 0 Å². The number of aliphatic hydroxyl groups is 1. The average Bonchev–Trinajstić information content (AvgIpc) is 2.46. The van der Waals surface area contributed by atoms with Gasteiger partial charge in [0.05, 0.1) is 12.1 Å². The molecule has 0 bridgehead atoms. The molecular formula is C17H19BrClNO. The van der Waals surface area contributed by atoms with E-state index in [0.717, 1.165) is 20.7 Å². The van der Waals surface area contributed by atoms with Crippen molar-refractivity contribution in [1.82, 2.24) is 0 Å². The normalized spacial score (nSPS) is 13.8. The van der Waals surface area contributed by atoms with Gasteiger partial charge in [-0.15, -0.1) is 0 Å². The lowest BCUT2D eigenvalue weighted by Gasteiger charge is -2.30. The van der Waals surface area contributed by atoms with E-state index in [1.54, 1.807) is 6.92 Å². The number of nitrogens with zero attached hydrogens (tertiary/aromatic N) is 1. The van der Waals surface area contributed by atoms with Gasteiger partial charge in [-0.1, -0.05) is 45.7 Å². The van der Waals surface area contributed by atoms with E-state index in [0.29, 0.717) is 0 Å². The third-order valence-corrected chi connectivity index (χ3v) is 4.50. The summed E-state index contributed by atoms with van der Waals surface area (Å²) in [6.45, 7) is 3.92. The van der Waals surface area contributed by atoms with E-state index >= 15 is 0 Å². The highest BCUT2D eigenvalue weighted by Gasteiger charge is 2.17. The number of halogens is 2. The minimum Gasteiger partial charge on any atom is -0.389 e. The third-order valence-electron chi connectivity index (χ3n) is 3.76. The number of benzene rings is 2. The van der Waals surface area contributed by atoms with Crippen molar-refractivity contribution in [3.63, 3.8) is 0 Å². The quantitative estimate of drug-likeness (QED) is 0.786. The zero-order chi connectivity index (χ0) is 15.6. The monoisotopic (exact) mass is 367 g/mol. The van der Waals surface area contributed by atoms with Crippen LogP contribution in [0.4, 0.5) is 5.69 Å². The molecule has 2 aromatic rings. The van der Waals surface area contributed by atoms with Crippen LogP contribution in [0, 0.1) is 0 Å². The lowest BCUT2D eigenvalue weighted by molar-refractivity contribution is 0.199. The van der Waals surface area contributed by atoms with Crippen LogP contribution in [0.15, 0.2) is 46.9 Å². The van der Waals surface area contributed by atoms with Crippen LogP contribution in [0.5, 0.6) is 0 Å². The van der Waals surface area contributed by atoms with Gasteiger partial charge in [-0.2, -0.15) is 0 Å². The molecule has 0 aliphatic heterocycles. The summed E-state index contributed by atoms with van der Waals surface area (Å²) < 4.78 is 0.997. The Morgan fingerprint density at radius 1 is 1.10 bits per heavy atom. The second kappa shape index (κ2) is 6.82. The molecular weight excluding hydrogens is 350 g/mol. The minimum atomic E-state index is -0.507. The highest BCUT2D eigenvalue weighted by molar-refractivity contribution is 9.10. The van der Waals surface area contributed by atoms with Crippen molar-refractivity contribution < 1.29 is 5.11 Å². The molecule has 2 atom stereocenters. The summed E-state index contributed by atoms with van der Waals surface area (Å²) in [6.07, 6.45) is -0.507. The SMILES string of the molecule is CC(O)c1ccc(Br)cc1N(C)C(C)c1ccc(Cl)cc1. The van der Waals surface area contributed by atoms with Crippen molar-refractivity contribution >= 4 is 33.2 Å². The van der Waals surface area contributed by atoms with Crippen molar-refractivity contribution in [3.8, 4) is 0 Å². The molecule has 0 spiro atoms. The fraction of sp³-hybridized carbons (Fsp3) is 0.294. The zero-order valence-corrected chi connectivity index (χ0v) is 14.7. The highest BCUT2D eigenvalue weighted by Crippen LogP contribution is 2.34. The van der Waals surface area contributed by atoms with Gasteiger partial charge in [0, 0.05) is 27.8 Å². The van der Waals surface area contributed by atoms with Crippen LogP contribution in [0.1, 0.15) is 37.1 Å². The fourth-order valence-corrected chi connectivity index (χ4v) is 2.82. The van der Waals surface area contributed by atoms with Crippen LogP contribution in [-0.4, -0.2) is 12.2 Å². The number of anilines is 1. The summed E-state index contributed by atoms with van der Waals surface area (Å²) in [5.41, 5.74) is 3.11. The fourth-order valence-electron chi connectivity index (χ4n) is 2.35. The van der Waals surface area contributed by atoms with Crippen molar-refractivity contribution in [1.29, 1.82) is 0 Å². The molecule has 0 aliphatic carbocycles. The maximum absolute atomic E-state index is 9.97. The molecule has 0 heterocycles. The van der Waals surface area contributed by atoms with Gasteiger partial charge in [0.2, 0.25) is 0 Å². The molecule has 112 valence electrons. The second-order valence-corrected chi connectivity index (χ2v) is 6.57. The molecule has 0 aliphatic rings. The van der Waals surface area contributed by atoms with E-state index in [1.165, 1.54) is 5.56 Å². The average molecular weight is 369 g/mol. The van der Waals surface area contributed by atoms with Gasteiger partial charge >= 0.3 is 0 Å². The molecule has 1 N–H and O–H groups in total. The molecule has 2 rings (SSSR count). The van der Waals surface area contributed by atoms with Crippen LogP contribution in [0.3, 0.4) is 0 Å². The molecule has 0 saturated carbocycles. The summed E-state index contributed by atoms with van der Waals surface area (Å²) in [7, 11) is 2.03. The molecule has 4 heteroatoms. The van der Waals surface area contributed by atoms with Crippen molar-refractivity contribution in [2.75, 3.05) is 11.9 Å². The van der Waals surface area contributed by atoms with Crippen LogP contribution in [-0.2, 0) is 0 Å². The van der Waals surface area contributed by atoms with Gasteiger partial charge in [-0.3, -0.25) is 0 Å². The maximum atomic E-state index is 9.97. The van der Waals surface area contributed by atoms with Crippen LogP contribution in [0.2, 0.25) is 5.02 Å². The smallest absolute Gasteiger partial charge is 0.0782 e. The Morgan fingerprint density at radius 2 is 1.71 bits per heavy atom. The molecule has 0 fully saturated rings. The van der Waals surface area contributed by atoms with E-state index < -0.39 is 6.10 Å². The van der Waals surface area contributed by atoms with E-state index in [-0.39, 0.29) is 6.04 Å². The second-order valence-electron chi connectivity index (χ2n) is 5.22. The first-order valence-electron chi connectivity index (χ1n) is 6.86. The Hall–Kier alpha value is -1.03. The molecule has 0 aromatic heterocycles. The summed E-state index contributed by atoms with van der Waals surface area (Å²) >= 11 is 9.45. The molecule has 2 aromatic carbocycles. The predicted octanol–water partition coefficient (Wildman–Crippen LogP) is 5.35. The van der Waals surface area contributed by atoms with Gasteiger partial charge in [0.15, 0.2) is 0 Å². The molecule has 0 amide bonds. The van der Waals surface area contributed by atoms with E-state index in [4.69, 9.17) is 11.6 Å². The largest absolute Gasteiger partial charge is 0.389 e. The lowest BCUT2D eigenvalue weighted by Crippen LogP contribution is -2.23. The van der Waals surface area contributed by atoms with Crippen molar-refractivity contribution in [2.45, 2.75) is 26.0 Å². The Balaban J connectivity index is 2.36. The Bertz CT molecular complexity index is 613. The number of hydrogen-bond acceptors (Lipinski definition) is 2. The first kappa shape index (κ1) is 16.3. The van der Waals surface area contributed by atoms with E-state index in [1.807, 2.05) is 49.5 Å². The molecule has 0 saturated heterocycles. The lowest BCUT2D eigenvalue weighted by atomic mass is 10.0. The maximum Gasteiger partial charge on any atom is 0.0782 e. The molecule has 21 heavy (non-hydrogen) atoms. The van der Waals surface area contributed by atoms with E-state index in [2.05, 4.69) is 27.8 Å². The Kier molecular flexibility index (Phi) is 5.31. The van der Waals surface area contributed by atoms with Gasteiger partial charge < -0.3 is 10.0 Å². The Morgan fingerprint density at radius 3 is 2.29 bits per heavy atom. The van der Waals surface area contributed by atoms with Gasteiger partial charge in [0.1, 0.15) is 0 Å². The third kappa shape index (κ3) is 3.79. The van der Waals surface area contributed by atoms with Gasteiger partial charge in [0.25, 0.3) is 0 Å². The van der Waals surface area contributed by atoms with Crippen molar-refractivity contribution in [3.05, 3.63) is 63.1 Å². The summed E-state index contributed by atoms with van der Waals surface area (Å²) in [5.74, 6) is 0. The number of hydrogen-bond donors (Lipinski definition) is 1. The predicted molar refractivity (Wildman–Crippen MR) is 93.0 cm³/mol. The standard InChI is InChI=1S/C17H19BrClNO/c1-11(13-4-7-15(19)8-5-13)20(3)17-10-14(18)6-9-16(17)12(2)21/h4-12,21H,1-3H3. The zero-order valence-electron chi connectivity index (χ0n) is 12.3.